The Morgan fingerprint density at radius 1 is 0.379 bits per heavy atom. The van der Waals surface area contributed by atoms with Gasteiger partial charge in [-0.2, -0.15) is 0 Å². The van der Waals surface area contributed by atoms with Crippen molar-refractivity contribution in [2.24, 2.45) is 0 Å². The monoisotopic (exact) mass is 747 g/mol. The third-order valence-corrected chi connectivity index (χ3v) is 13.6. The normalized spacial score (nSPS) is 15.9. The maximum Gasteiger partial charge on any atom is 0.0467 e. The number of rotatable bonds is 7. The van der Waals surface area contributed by atoms with Crippen LogP contribution in [0.4, 0.5) is 17.1 Å². The molecule has 0 bridgehead atoms. The van der Waals surface area contributed by atoms with Crippen molar-refractivity contribution in [1.82, 2.24) is 0 Å². The first kappa shape index (κ1) is 35.9. The number of fused-ring (bicyclic) bond motifs is 7. The van der Waals surface area contributed by atoms with Gasteiger partial charge in [0, 0.05) is 33.3 Å². The predicted octanol–water partition coefficient (Wildman–Crippen LogP) is 15.5. The van der Waals surface area contributed by atoms with E-state index in [2.05, 4.69) is 211 Å². The van der Waals surface area contributed by atoms with Gasteiger partial charge in [-0.25, -0.2) is 0 Å². The average Bonchev–Trinajstić information content (AvgIpc) is 3.72. The highest BCUT2D eigenvalue weighted by molar-refractivity contribution is 5.97. The van der Waals surface area contributed by atoms with Crippen LogP contribution in [0.25, 0.3) is 50.1 Å². The number of nitrogens with zero attached hydrogens (tertiary/aromatic N) is 1. The molecule has 0 aromatic heterocycles. The second-order valence-corrected chi connectivity index (χ2v) is 17.9. The number of hydrogen-bond donors (Lipinski definition) is 0. The zero-order valence-corrected chi connectivity index (χ0v) is 34.4. The van der Waals surface area contributed by atoms with E-state index in [9.17, 15) is 0 Å². The van der Waals surface area contributed by atoms with Gasteiger partial charge in [-0.15, -0.1) is 0 Å². The summed E-state index contributed by atoms with van der Waals surface area (Å²) in [6, 6.07) is 56.6. The Balaban J connectivity index is 1.14. The van der Waals surface area contributed by atoms with E-state index in [1.165, 1.54) is 89.0 Å². The standard InChI is InChI=1S/C57H49N/c1-9-42-46-34-53-47(35-52(46)55(3,4)48(42)10-2)54-43(23-17-25-50(54)57(53,7)8)38-20-16-21-40(32-38)58(39-28-26-37(27-29-39)36-18-12-11-13-19-36)41-30-31-45-44-22-14-15-24-49(44)56(5,6)51(45)33-41/h9-35H,1-2H2,3-8H3. The summed E-state index contributed by atoms with van der Waals surface area (Å²) >= 11 is 0. The van der Waals surface area contributed by atoms with E-state index in [1.54, 1.807) is 0 Å². The molecule has 10 rings (SSSR count). The molecule has 0 fully saturated rings. The fourth-order valence-electron chi connectivity index (χ4n) is 10.5. The van der Waals surface area contributed by atoms with E-state index >= 15 is 0 Å². The lowest BCUT2D eigenvalue weighted by molar-refractivity contribution is 0.647. The van der Waals surface area contributed by atoms with E-state index in [4.69, 9.17) is 0 Å². The molecule has 282 valence electrons. The van der Waals surface area contributed by atoms with Gasteiger partial charge in [0.05, 0.1) is 0 Å². The van der Waals surface area contributed by atoms with Crippen LogP contribution in [0.5, 0.6) is 0 Å². The molecule has 0 aliphatic heterocycles. The van der Waals surface area contributed by atoms with E-state index < -0.39 is 0 Å². The number of allylic oxidation sites excluding steroid dienone is 4. The Morgan fingerprint density at radius 2 is 0.931 bits per heavy atom. The van der Waals surface area contributed by atoms with Crippen molar-refractivity contribution >= 4 is 22.6 Å². The molecule has 0 saturated carbocycles. The van der Waals surface area contributed by atoms with E-state index in [-0.39, 0.29) is 16.2 Å². The van der Waals surface area contributed by atoms with Gasteiger partial charge in [-0.1, -0.05) is 170 Å². The second kappa shape index (κ2) is 12.8. The molecule has 0 unspecified atom stereocenters. The summed E-state index contributed by atoms with van der Waals surface area (Å²) in [6.45, 7) is 22.6. The highest BCUT2D eigenvalue weighted by Crippen LogP contribution is 2.57. The highest BCUT2D eigenvalue weighted by atomic mass is 15.1. The topological polar surface area (TPSA) is 3.24 Å². The highest BCUT2D eigenvalue weighted by Gasteiger charge is 2.42. The predicted molar refractivity (Wildman–Crippen MR) is 247 cm³/mol. The van der Waals surface area contributed by atoms with Crippen molar-refractivity contribution in [1.29, 1.82) is 0 Å². The number of hydrogen-bond acceptors (Lipinski definition) is 1. The Labute approximate surface area is 344 Å². The molecule has 0 amide bonds. The molecular formula is C57H49N. The Morgan fingerprint density at radius 3 is 1.69 bits per heavy atom. The lowest BCUT2D eigenvalue weighted by atomic mass is 9.78. The van der Waals surface area contributed by atoms with E-state index in [1.807, 2.05) is 12.2 Å². The number of benzene rings is 7. The minimum atomic E-state index is -0.167. The fraction of sp³-hybridized carbons (Fsp3) is 0.158. The number of anilines is 3. The molecule has 0 radical (unpaired) electrons. The average molecular weight is 748 g/mol. The van der Waals surface area contributed by atoms with Crippen LogP contribution in [0.1, 0.15) is 74.9 Å². The van der Waals surface area contributed by atoms with Crippen LogP contribution < -0.4 is 4.90 Å². The van der Waals surface area contributed by atoms with Gasteiger partial charge >= 0.3 is 0 Å². The van der Waals surface area contributed by atoms with Crippen LogP contribution in [-0.2, 0) is 16.2 Å². The summed E-state index contributed by atoms with van der Waals surface area (Å²) < 4.78 is 0. The summed E-state index contributed by atoms with van der Waals surface area (Å²) in [6.07, 6.45) is 4.05. The largest absolute Gasteiger partial charge is 0.310 e. The van der Waals surface area contributed by atoms with Gasteiger partial charge in [0.1, 0.15) is 0 Å². The molecular weight excluding hydrogens is 699 g/mol. The van der Waals surface area contributed by atoms with Crippen molar-refractivity contribution in [3.05, 3.63) is 216 Å². The molecule has 0 heterocycles. The molecule has 7 aromatic carbocycles. The van der Waals surface area contributed by atoms with Gasteiger partial charge in [-0.3, -0.25) is 0 Å². The van der Waals surface area contributed by atoms with Crippen molar-refractivity contribution in [3.8, 4) is 44.5 Å². The van der Waals surface area contributed by atoms with Crippen molar-refractivity contribution in [2.45, 2.75) is 57.8 Å². The van der Waals surface area contributed by atoms with Gasteiger partial charge in [-0.05, 0) is 138 Å². The molecule has 1 nitrogen and oxygen atoms in total. The van der Waals surface area contributed by atoms with Crippen LogP contribution in [0.15, 0.2) is 183 Å². The first-order chi connectivity index (χ1) is 27.9. The third kappa shape index (κ3) is 5.09. The molecule has 3 aliphatic rings. The summed E-state index contributed by atoms with van der Waals surface area (Å²) in [5, 5.41) is 0. The van der Waals surface area contributed by atoms with Crippen LogP contribution >= 0.6 is 0 Å². The summed E-state index contributed by atoms with van der Waals surface area (Å²) in [4.78, 5) is 2.44. The molecule has 0 spiro atoms. The minimum Gasteiger partial charge on any atom is -0.310 e. The molecule has 0 N–H and O–H groups in total. The second-order valence-electron chi connectivity index (χ2n) is 17.9. The maximum atomic E-state index is 4.24. The quantitative estimate of drug-likeness (QED) is 0.157. The SMILES string of the molecule is C=CC1=C(C=C)C(C)(C)c2cc3c(cc21)C(C)(C)c1cccc(-c2cccc(N(c4ccc(-c5ccccc5)cc4)c4ccc5c(c4)C(C)(C)c4ccccc4-5)c2)c1-3. The summed E-state index contributed by atoms with van der Waals surface area (Å²) in [5.74, 6) is 0. The van der Waals surface area contributed by atoms with E-state index in [0.29, 0.717) is 0 Å². The van der Waals surface area contributed by atoms with Crippen molar-refractivity contribution < 1.29 is 0 Å². The van der Waals surface area contributed by atoms with Gasteiger partial charge in [0.2, 0.25) is 0 Å². The van der Waals surface area contributed by atoms with Crippen molar-refractivity contribution in [2.75, 3.05) is 4.90 Å². The van der Waals surface area contributed by atoms with Gasteiger partial charge in [0.15, 0.2) is 0 Å². The molecule has 7 aromatic rings. The lowest BCUT2D eigenvalue weighted by Gasteiger charge is -2.29. The molecule has 0 atom stereocenters. The Bertz CT molecular complexity index is 2880. The summed E-state index contributed by atoms with van der Waals surface area (Å²) in [5.41, 5.74) is 23.7. The van der Waals surface area contributed by atoms with Crippen LogP contribution in [0, 0.1) is 0 Å². The van der Waals surface area contributed by atoms with Crippen LogP contribution in [0.3, 0.4) is 0 Å². The zero-order chi connectivity index (χ0) is 40.1. The molecule has 58 heavy (non-hydrogen) atoms. The Hall–Kier alpha value is -6.44. The zero-order valence-electron chi connectivity index (χ0n) is 34.4. The van der Waals surface area contributed by atoms with Crippen LogP contribution in [0.2, 0.25) is 0 Å². The first-order valence-corrected chi connectivity index (χ1v) is 20.6. The molecule has 1 heteroatoms. The van der Waals surface area contributed by atoms with E-state index in [0.717, 1.165) is 17.1 Å². The third-order valence-electron chi connectivity index (χ3n) is 13.6. The fourth-order valence-corrected chi connectivity index (χ4v) is 10.5. The van der Waals surface area contributed by atoms with Gasteiger partial charge < -0.3 is 4.90 Å². The molecule has 0 saturated heterocycles. The lowest BCUT2D eigenvalue weighted by Crippen LogP contribution is -2.17. The van der Waals surface area contributed by atoms with Gasteiger partial charge in [0.25, 0.3) is 0 Å². The van der Waals surface area contributed by atoms with Crippen LogP contribution in [-0.4, -0.2) is 0 Å². The minimum absolute atomic E-state index is 0.111. The molecule has 3 aliphatic carbocycles. The first-order valence-electron chi connectivity index (χ1n) is 20.6. The summed E-state index contributed by atoms with van der Waals surface area (Å²) in [7, 11) is 0. The maximum absolute atomic E-state index is 4.24. The van der Waals surface area contributed by atoms with Crippen molar-refractivity contribution in [3.63, 3.8) is 0 Å². The Kier molecular flexibility index (Phi) is 7.92. The smallest absolute Gasteiger partial charge is 0.0467 e.